The highest BCUT2D eigenvalue weighted by molar-refractivity contribution is 5.93. The lowest BCUT2D eigenvalue weighted by Gasteiger charge is -2.20. The first-order valence-corrected chi connectivity index (χ1v) is 11.4. The van der Waals surface area contributed by atoms with Crippen LogP contribution in [0.4, 0.5) is 13.2 Å². The lowest BCUT2D eigenvalue weighted by Crippen LogP contribution is -2.36. The summed E-state index contributed by atoms with van der Waals surface area (Å²) in [5.74, 6) is -2.88. The second-order valence-electron chi connectivity index (χ2n) is 8.08. The van der Waals surface area contributed by atoms with E-state index in [1.165, 1.54) is 7.11 Å². The van der Waals surface area contributed by atoms with Crippen molar-refractivity contribution < 1.29 is 46.5 Å². The number of carbonyl (C=O) groups is 3. The molecule has 0 N–H and O–H groups in total. The lowest BCUT2D eigenvalue weighted by molar-refractivity contribution is -0.222. The van der Waals surface area contributed by atoms with Crippen LogP contribution in [-0.2, 0) is 35.2 Å². The van der Waals surface area contributed by atoms with E-state index in [2.05, 4.69) is 18.2 Å². The number of methoxy groups -OCH3 is 1. The predicted molar refractivity (Wildman–Crippen MR) is 121 cm³/mol. The Hall–Kier alpha value is -3.04. The highest BCUT2D eigenvalue weighted by Crippen LogP contribution is 2.27. The van der Waals surface area contributed by atoms with Gasteiger partial charge in [-0.25, -0.2) is 4.79 Å². The normalized spacial score (nSPS) is 12.9. The molecule has 0 spiro atoms. The first-order chi connectivity index (χ1) is 16.5. The molecule has 0 aliphatic rings. The second kappa shape index (κ2) is 15.1. The molecule has 0 heterocycles. The lowest BCUT2D eigenvalue weighted by atomic mass is 10.1. The van der Waals surface area contributed by atoms with Gasteiger partial charge in [0.05, 0.1) is 26.1 Å². The third kappa shape index (κ3) is 12.3. The Morgan fingerprint density at radius 1 is 1.00 bits per heavy atom. The van der Waals surface area contributed by atoms with E-state index in [-0.39, 0.29) is 6.61 Å². The smallest absolute Gasteiger partial charge is 0.426 e. The minimum atomic E-state index is -5.03. The zero-order valence-corrected chi connectivity index (χ0v) is 20.3. The number of ether oxygens (including phenoxy) is 4. The molecule has 7 nitrogen and oxygen atoms in total. The highest BCUT2D eigenvalue weighted by atomic mass is 19.4. The van der Waals surface area contributed by atoms with Gasteiger partial charge in [-0.1, -0.05) is 44.9 Å². The van der Waals surface area contributed by atoms with E-state index in [1.54, 1.807) is 31.2 Å². The molecule has 0 fully saturated rings. The number of rotatable bonds is 15. The molecule has 35 heavy (non-hydrogen) atoms. The van der Waals surface area contributed by atoms with E-state index in [0.717, 1.165) is 25.7 Å². The summed E-state index contributed by atoms with van der Waals surface area (Å²) >= 11 is 0. The highest BCUT2D eigenvalue weighted by Gasteiger charge is 2.45. The predicted octanol–water partition coefficient (Wildman–Crippen LogP) is 5.45. The standard InChI is InChI=1S/C25H33F3O7/c1-5-6-7-8-9-18(3)34-23(30)14-17(2)24(31)35-21(25(26,27)28)15-22(29)33-16-19-10-12-20(32-4)13-11-19/h10-13,18,21H,2,5-9,14-16H2,1,3-4H3. The number of alkyl halides is 3. The van der Waals surface area contributed by atoms with Crippen molar-refractivity contribution >= 4 is 17.9 Å². The second-order valence-corrected chi connectivity index (χ2v) is 8.08. The zero-order chi connectivity index (χ0) is 26.4. The Morgan fingerprint density at radius 3 is 2.23 bits per heavy atom. The zero-order valence-electron chi connectivity index (χ0n) is 20.3. The summed E-state index contributed by atoms with van der Waals surface area (Å²) in [4.78, 5) is 36.0. The van der Waals surface area contributed by atoms with Crippen LogP contribution in [-0.4, -0.2) is 43.4 Å². The van der Waals surface area contributed by atoms with Crippen LogP contribution in [0.3, 0.4) is 0 Å². The molecule has 0 saturated heterocycles. The van der Waals surface area contributed by atoms with E-state index < -0.39 is 54.7 Å². The summed E-state index contributed by atoms with van der Waals surface area (Å²) in [5, 5.41) is 0. The fourth-order valence-corrected chi connectivity index (χ4v) is 2.96. The van der Waals surface area contributed by atoms with Crippen molar-refractivity contribution in [2.75, 3.05) is 7.11 Å². The van der Waals surface area contributed by atoms with Crippen LogP contribution in [0.15, 0.2) is 36.4 Å². The fourth-order valence-electron chi connectivity index (χ4n) is 2.96. The molecule has 0 radical (unpaired) electrons. The molecule has 0 aliphatic heterocycles. The molecule has 1 rings (SSSR count). The van der Waals surface area contributed by atoms with Crippen molar-refractivity contribution in [3.8, 4) is 5.75 Å². The van der Waals surface area contributed by atoms with E-state index >= 15 is 0 Å². The van der Waals surface area contributed by atoms with E-state index in [0.29, 0.717) is 17.7 Å². The number of carbonyl (C=O) groups excluding carboxylic acids is 3. The summed E-state index contributed by atoms with van der Waals surface area (Å²) in [6.07, 6.45) is -5.39. The minimum Gasteiger partial charge on any atom is -0.497 e. The van der Waals surface area contributed by atoms with Gasteiger partial charge in [0.15, 0.2) is 0 Å². The Bertz CT molecular complexity index is 834. The largest absolute Gasteiger partial charge is 0.497 e. The van der Waals surface area contributed by atoms with Gasteiger partial charge in [-0.2, -0.15) is 13.2 Å². The van der Waals surface area contributed by atoms with Gasteiger partial charge in [-0.3, -0.25) is 9.59 Å². The quantitative estimate of drug-likeness (QED) is 0.136. The topological polar surface area (TPSA) is 88.1 Å². The number of hydrogen-bond acceptors (Lipinski definition) is 7. The van der Waals surface area contributed by atoms with Crippen LogP contribution in [0.25, 0.3) is 0 Å². The van der Waals surface area contributed by atoms with Gasteiger partial charge >= 0.3 is 24.1 Å². The first kappa shape index (κ1) is 30.0. The molecular weight excluding hydrogens is 469 g/mol. The maximum Gasteiger partial charge on any atom is 0.426 e. The number of hydrogen-bond donors (Lipinski definition) is 0. The summed E-state index contributed by atoms with van der Waals surface area (Å²) in [7, 11) is 1.47. The van der Waals surface area contributed by atoms with Gasteiger partial charge in [-0.15, -0.1) is 0 Å². The van der Waals surface area contributed by atoms with Crippen LogP contribution in [0.1, 0.15) is 64.4 Å². The van der Waals surface area contributed by atoms with Crippen LogP contribution >= 0.6 is 0 Å². The van der Waals surface area contributed by atoms with Gasteiger partial charge in [0.1, 0.15) is 12.4 Å². The molecule has 196 valence electrons. The minimum absolute atomic E-state index is 0.267. The van der Waals surface area contributed by atoms with Gasteiger partial charge in [0.25, 0.3) is 0 Å². The van der Waals surface area contributed by atoms with E-state index in [4.69, 9.17) is 14.2 Å². The van der Waals surface area contributed by atoms with Crippen molar-refractivity contribution in [3.63, 3.8) is 0 Å². The summed E-state index contributed by atoms with van der Waals surface area (Å²) in [6, 6.07) is 6.38. The molecule has 1 aromatic rings. The maximum atomic E-state index is 13.3. The van der Waals surface area contributed by atoms with Crippen molar-refractivity contribution in [3.05, 3.63) is 42.0 Å². The van der Waals surface area contributed by atoms with Gasteiger partial charge in [-0.05, 0) is 37.5 Å². The fraction of sp³-hybridized carbons (Fsp3) is 0.560. The molecule has 2 unspecified atom stereocenters. The third-order valence-electron chi connectivity index (χ3n) is 4.97. The maximum absolute atomic E-state index is 13.3. The molecule has 0 aromatic heterocycles. The first-order valence-electron chi connectivity index (χ1n) is 11.4. The van der Waals surface area contributed by atoms with Crippen LogP contribution in [0.5, 0.6) is 5.75 Å². The Balaban J connectivity index is 2.54. The molecular formula is C25H33F3O7. The van der Waals surface area contributed by atoms with Gasteiger partial charge in [0.2, 0.25) is 6.10 Å². The molecule has 0 amide bonds. The average Bonchev–Trinajstić information content (AvgIpc) is 2.79. The van der Waals surface area contributed by atoms with Crippen molar-refractivity contribution in [1.29, 1.82) is 0 Å². The molecule has 2 atom stereocenters. The van der Waals surface area contributed by atoms with E-state index in [1.807, 2.05) is 0 Å². The number of halogens is 3. The molecule has 0 bridgehead atoms. The van der Waals surface area contributed by atoms with Crippen molar-refractivity contribution in [2.24, 2.45) is 0 Å². The summed E-state index contributed by atoms with van der Waals surface area (Å²) in [6.45, 7) is 6.83. The molecule has 10 heteroatoms. The van der Waals surface area contributed by atoms with Crippen molar-refractivity contribution in [2.45, 2.75) is 83.8 Å². The summed E-state index contributed by atoms with van der Waals surface area (Å²) < 4.78 is 59.5. The van der Waals surface area contributed by atoms with E-state index in [9.17, 15) is 27.6 Å². The van der Waals surface area contributed by atoms with Crippen molar-refractivity contribution in [1.82, 2.24) is 0 Å². The number of benzene rings is 1. The SMILES string of the molecule is C=C(CC(=O)OC(C)CCCCCC)C(=O)OC(CC(=O)OCc1ccc(OC)cc1)C(F)(F)F. The molecule has 0 aliphatic carbocycles. The van der Waals surface area contributed by atoms with Crippen LogP contribution < -0.4 is 4.74 Å². The summed E-state index contributed by atoms with van der Waals surface area (Å²) in [5.41, 5.74) is 0.0280. The van der Waals surface area contributed by atoms with Crippen LogP contribution in [0, 0.1) is 0 Å². The van der Waals surface area contributed by atoms with Crippen LogP contribution in [0.2, 0.25) is 0 Å². The molecule has 0 saturated carbocycles. The van der Waals surface area contributed by atoms with Gasteiger partial charge in [0, 0.05) is 5.57 Å². The average molecular weight is 503 g/mol. The number of esters is 3. The third-order valence-corrected chi connectivity index (χ3v) is 4.97. The molecule has 1 aromatic carbocycles. The van der Waals surface area contributed by atoms with Gasteiger partial charge < -0.3 is 18.9 Å². The Kier molecular flexibility index (Phi) is 12.9. The Labute approximate surface area is 203 Å². The Morgan fingerprint density at radius 2 is 1.66 bits per heavy atom. The monoisotopic (exact) mass is 502 g/mol. The number of unbranched alkanes of at least 4 members (excludes halogenated alkanes) is 3.